The van der Waals surface area contributed by atoms with Crippen LogP contribution in [0.5, 0.6) is 0 Å². The average Bonchev–Trinajstić information content (AvgIpc) is 2.96. The van der Waals surface area contributed by atoms with Crippen LogP contribution >= 0.6 is 41.2 Å². The van der Waals surface area contributed by atoms with Gasteiger partial charge in [-0.3, -0.25) is 0 Å². The molecule has 16 heavy (non-hydrogen) atoms. The lowest BCUT2D eigenvalue weighted by Crippen LogP contribution is -1.75. The fourth-order valence-corrected chi connectivity index (χ4v) is 6.67. The number of H-pyrrole nitrogens is 2. The zero-order chi connectivity index (χ0) is 11.1. The van der Waals surface area contributed by atoms with Gasteiger partial charge in [0, 0.05) is 35.3 Å². The highest BCUT2D eigenvalue weighted by atomic mass is 33.7. The summed E-state index contributed by atoms with van der Waals surface area (Å²) in [4.78, 5) is 14.1. The Kier molecular flexibility index (Phi) is 5.53. The normalized spacial score (nSPS) is 10.8. The van der Waals surface area contributed by atoms with E-state index in [1.165, 1.54) is 0 Å². The first-order chi connectivity index (χ1) is 7.95. The van der Waals surface area contributed by atoms with Gasteiger partial charge in [-0.25, -0.2) is 9.97 Å². The second-order valence-electron chi connectivity index (χ2n) is 2.81. The number of aromatic nitrogens is 4. The topological polar surface area (TPSA) is 57.4 Å². The molecule has 2 aromatic heterocycles. The van der Waals surface area contributed by atoms with Crippen LogP contribution in [-0.2, 0) is 11.5 Å². The Hall–Kier alpha value is -0.180. The number of aromatic amines is 2. The van der Waals surface area contributed by atoms with E-state index in [0.29, 0.717) is 0 Å². The third kappa shape index (κ3) is 4.36. The van der Waals surface area contributed by atoms with E-state index < -0.39 is 0 Å². The van der Waals surface area contributed by atoms with Crippen LogP contribution in [0.25, 0.3) is 0 Å². The smallest absolute Gasteiger partial charge is 0.0921 e. The average molecular weight is 290 g/mol. The standard InChI is InChI=1S/C8H10N4S4/c1-7(11-5-9-1)3-13-15-16-14-4-8-2-10-6-12-8/h1-2,5-6H,3-4H2,(H,9,11)(H,10,12). The van der Waals surface area contributed by atoms with Crippen LogP contribution in [0.2, 0.25) is 0 Å². The molecule has 0 atom stereocenters. The monoisotopic (exact) mass is 290 g/mol. The van der Waals surface area contributed by atoms with Crippen LogP contribution in [0.3, 0.4) is 0 Å². The van der Waals surface area contributed by atoms with Gasteiger partial charge in [0.2, 0.25) is 0 Å². The van der Waals surface area contributed by atoms with Crippen molar-refractivity contribution in [3.63, 3.8) is 0 Å². The molecule has 0 aliphatic heterocycles. The molecule has 0 fully saturated rings. The van der Waals surface area contributed by atoms with Gasteiger partial charge in [-0.2, -0.15) is 0 Å². The van der Waals surface area contributed by atoms with Crippen molar-refractivity contribution in [3.05, 3.63) is 36.4 Å². The summed E-state index contributed by atoms with van der Waals surface area (Å²) < 4.78 is 0. The number of hydrogen-bond donors (Lipinski definition) is 2. The summed E-state index contributed by atoms with van der Waals surface area (Å²) in [6, 6.07) is 0. The van der Waals surface area contributed by atoms with Gasteiger partial charge < -0.3 is 9.97 Å². The Balaban J connectivity index is 1.49. The van der Waals surface area contributed by atoms with E-state index in [-0.39, 0.29) is 0 Å². The Bertz CT molecular complexity index is 336. The predicted molar refractivity (Wildman–Crippen MR) is 74.9 cm³/mol. The lowest BCUT2D eigenvalue weighted by molar-refractivity contribution is 1.23. The van der Waals surface area contributed by atoms with Crippen LogP contribution in [0.15, 0.2) is 25.0 Å². The second-order valence-corrected chi connectivity index (χ2v) is 8.82. The Morgan fingerprint density at radius 2 is 1.38 bits per heavy atom. The maximum absolute atomic E-state index is 3.97. The molecule has 0 bridgehead atoms. The summed E-state index contributed by atoms with van der Waals surface area (Å²) in [7, 11) is 7.19. The first-order valence-electron chi connectivity index (χ1n) is 4.47. The van der Waals surface area contributed by atoms with Gasteiger partial charge >= 0.3 is 0 Å². The highest BCUT2D eigenvalue weighted by Crippen LogP contribution is 2.44. The molecule has 0 aliphatic carbocycles. The molecule has 86 valence electrons. The lowest BCUT2D eigenvalue weighted by atomic mass is 10.6. The number of nitrogens with zero attached hydrogens (tertiary/aromatic N) is 2. The summed E-state index contributed by atoms with van der Waals surface area (Å²) in [5.41, 5.74) is 2.33. The van der Waals surface area contributed by atoms with E-state index in [1.807, 2.05) is 34.0 Å². The van der Waals surface area contributed by atoms with Crippen LogP contribution in [-0.4, -0.2) is 19.9 Å². The first-order valence-corrected chi connectivity index (χ1v) is 9.63. The Morgan fingerprint density at radius 1 is 0.875 bits per heavy atom. The molecule has 0 aromatic carbocycles. The molecular formula is C8H10N4S4. The summed E-state index contributed by atoms with van der Waals surface area (Å²) in [6.45, 7) is 0. The first kappa shape index (κ1) is 12.3. The van der Waals surface area contributed by atoms with Gasteiger partial charge in [0.1, 0.15) is 0 Å². The molecule has 0 saturated heterocycles. The minimum Gasteiger partial charge on any atom is -0.348 e. The fraction of sp³-hybridized carbons (Fsp3) is 0.250. The summed E-state index contributed by atoms with van der Waals surface area (Å²) in [5.74, 6) is 1.92. The van der Waals surface area contributed by atoms with Gasteiger partial charge in [0.25, 0.3) is 0 Å². The van der Waals surface area contributed by atoms with Crippen molar-refractivity contribution in [2.24, 2.45) is 0 Å². The van der Waals surface area contributed by atoms with Gasteiger partial charge in [0.05, 0.1) is 12.7 Å². The summed E-state index contributed by atoms with van der Waals surface area (Å²) in [5, 5.41) is 0. The molecule has 8 heteroatoms. The third-order valence-corrected chi connectivity index (χ3v) is 7.95. The van der Waals surface area contributed by atoms with E-state index >= 15 is 0 Å². The molecule has 0 saturated carbocycles. The van der Waals surface area contributed by atoms with Crippen molar-refractivity contribution in [1.82, 2.24) is 19.9 Å². The number of nitrogens with one attached hydrogen (secondary N) is 2. The maximum atomic E-state index is 3.97. The Labute approximate surface area is 109 Å². The summed E-state index contributed by atoms with van der Waals surface area (Å²) in [6.07, 6.45) is 7.13. The maximum Gasteiger partial charge on any atom is 0.0921 e. The van der Waals surface area contributed by atoms with E-state index in [9.17, 15) is 0 Å². The van der Waals surface area contributed by atoms with E-state index in [2.05, 4.69) is 19.9 Å². The van der Waals surface area contributed by atoms with Gasteiger partial charge in [0.15, 0.2) is 0 Å². The van der Waals surface area contributed by atoms with Crippen molar-refractivity contribution in [2.45, 2.75) is 11.5 Å². The van der Waals surface area contributed by atoms with Gasteiger partial charge in [-0.15, -0.1) is 0 Å². The molecule has 2 aromatic rings. The van der Waals surface area contributed by atoms with Gasteiger partial charge in [-0.05, 0) is 19.7 Å². The predicted octanol–water partition coefficient (Wildman–Crippen LogP) is 3.51. The highest BCUT2D eigenvalue weighted by molar-refractivity contribution is 9.25. The molecular weight excluding hydrogens is 280 g/mol. The molecule has 0 spiro atoms. The Morgan fingerprint density at radius 3 is 1.75 bits per heavy atom. The zero-order valence-corrected chi connectivity index (χ0v) is 11.5. The van der Waals surface area contributed by atoms with E-state index in [4.69, 9.17) is 0 Å². The minimum atomic E-state index is 0.961. The quantitative estimate of drug-likeness (QED) is 0.601. The molecule has 0 amide bonds. The third-order valence-electron chi connectivity index (χ3n) is 1.66. The molecule has 2 heterocycles. The molecule has 2 rings (SSSR count). The molecule has 4 nitrogen and oxygen atoms in total. The van der Waals surface area contributed by atoms with Crippen molar-refractivity contribution in [3.8, 4) is 0 Å². The lowest BCUT2D eigenvalue weighted by Gasteiger charge is -1.97. The largest absolute Gasteiger partial charge is 0.348 e. The molecule has 2 N–H and O–H groups in total. The second kappa shape index (κ2) is 7.21. The van der Waals surface area contributed by atoms with Crippen LogP contribution < -0.4 is 0 Å². The van der Waals surface area contributed by atoms with Crippen molar-refractivity contribution < 1.29 is 0 Å². The van der Waals surface area contributed by atoms with Crippen molar-refractivity contribution in [1.29, 1.82) is 0 Å². The fourth-order valence-electron chi connectivity index (χ4n) is 0.942. The SMILES string of the molecule is c1ncc(CSSSSCc2cnc[nH]2)[nH]1. The van der Waals surface area contributed by atoms with E-state index in [0.717, 1.165) is 22.9 Å². The number of imidazole rings is 2. The van der Waals surface area contributed by atoms with Crippen molar-refractivity contribution >= 4 is 41.2 Å². The minimum absolute atomic E-state index is 0.961. The van der Waals surface area contributed by atoms with Crippen LogP contribution in [0.4, 0.5) is 0 Å². The zero-order valence-electron chi connectivity index (χ0n) is 8.25. The number of hydrogen-bond acceptors (Lipinski definition) is 6. The highest BCUT2D eigenvalue weighted by Gasteiger charge is 1.98. The van der Waals surface area contributed by atoms with Crippen molar-refractivity contribution in [2.75, 3.05) is 0 Å². The van der Waals surface area contributed by atoms with Gasteiger partial charge in [-0.1, -0.05) is 21.6 Å². The molecule has 0 radical (unpaired) electrons. The number of rotatable bonds is 7. The van der Waals surface area contributed by atoms with Crippen LogP contribution in [0.1, 0.15) is 11.4 Å². The van der Waals surface area contributed by atoms with E-state index in [1.54, 1.807) is 32.3 Å². The summed E-state index contributed by atoms with van der Waals surface area (Å²) >= 11 is 0. The molecule has 0 unspecified atom stereocenters. The molecule has 0 aliphatic rings. The van der Waals surface area contributed by atoms with Crippen LogP contribution in [0, 0.1) is 0 Å².